The number of likely N-dealkylation sites (N-methyl/N-ethyl adjacent to an activating group) is 2. The summed E-state index contributed by atoms with van der Waals surface area (Å²) in [5.74, 6) is -1.58. The number of amides is 2. The second-order valence-electron chi connectivity index (χ2n) is 9.73. The molecule has 2 atom stereocenters. The van der Waals surface area contributed by atoms with Gasteiger partial charge < -0.3 is 25.2 Å². The number of aryl methyl sites for hydroxylation is 1. The summed E-state index contributed by atoms with van der Waals surface area (Å²) in [6.07, 6.45) is 3.62. The van der Waals surface area contributed by atoms with Crippen LogP contribution in [0.1, 0.15) is 40.2 Å². The maximum Gasteiger partial charge on any atom is 0.331 e. The van der Waals surface area contributed by atoms with Gasteiger partial charge in [-0.3, -0.25) is 9.59 Å². The molecule has 3 N–H and O–H groups in total. The smallest absolute Gasteiger partial charge is 0.331 e. The molecule has 0 aliphatic rings. The molecule has 0 aliphatic carbocycles. The highest BCUT2D eigenvalue weighted by Gasteiger charge is 2.38. The molecule has 0 unspecified atom stereocenters. The number of hydrogen-bond donors (Lipinski definition) is 3. The molecular formula is C26H38N4O4. The molecule has 0 saturated heterocycles. The highest BCUT2D eigenvalue weighted by Crippen LogP contribution is 2.34. The average molecular weight is 471 g/mol. The van der Waals surface area contributed by atoms with Crippen LogP contribution in [0.25, 0.3) is 10.9 Å². The van der Waals surface area contributed by atoms with E-state index in [0.29, 0.717) is 0 Å². The van der Waals surface area contributed by atoms with Gasteiger partial charge in [-0.25, -0.2) is 4.79 Å². The molecule has 2 rings (SSSR count). The van der Waals surface area contributed by atoms with Gasteiger partial charge in [-0.15, -0.1) is 0 Å². The molecule has 1 aromatic carbocycles. The summed E-state index contributed by atoms with van der Waals surface area (Å²) in [6.45, 7) is 9.19. The molecule has 0 fully saturated rings. The number of aliphatic carboxylic acids is 1. The predicted molar refractivity (Wildman–Crippen MR) is 135 cm³/mol. The van der Waals surface area contributed by atoms with Gasteiger partial charge in [-0.05, 0) is 31.5 Å². The highest BCUT2D eigenvalue weighted by molar-refractivity contribution is 5.91. The predicted octanol–water partition coefficient (Wildman–Crippen LogP) is 2.67. The van der Waals surface area contributed by atoms with Crippen LogP contribution < -0.4 is 10.6 Å². The van der Waals surface area contributed by atoms with Crippen molar-refractivity contribution in [2.24, 2.45) is 13.0 Å². The molecule has 2 amide bonds. The number of rotatable bonds is 10. The van der Waals surface area contributed by atoms with E-state index < -0.39 is 23.5 Å². The second-order valence-corrected chi connectivity index (χ2v) is 9.73. The molecule has 0 radical (unpaired) electrons. The first kappa shape index (κ1) is 27.1. The topological polar surface area (TPSA) is 104 Å². The van der Waals surface area contributed by atoms with Crippen molar-refractivity contribution >= 4 is 28.7 Å². The Hall–Kier alpha value is -3.13. The quantitative estimate of drug-likeness (QED) is 0.463. The zero-order valence-corrected chi connectivity index (χ0v) is 21.5. The standard InChI is InChI=1S/C26H38N4O4/c1-16(2)21(13-17(3)25(33)34)30(8)22(31)14-28-24(32)23(27-6)26(4,5)19-15-29(7)20-12-10-9-11-18(19)20/h9-13,15-16,21,23,27H,14H2,1-8H3,(H,28,32)(H,33,34)/t21-,23-/m1/s1. The van der Waals surface area contributed by atoms with Crippen molar-refractivity contribution in [2.75, 3.05) is 20.6 Å². The van der Waals surface area contributed by atoms with Crippen LogP contribution >= 0.6 is 0 Å². The summed E-state index contributed by atoms with van der Waals surface area (Å²) in [7, 11) is 5.34. The Bertz CT molecular complexity index is 1080. The minimum absolute atomic E-state index is 0.00861. The molecule has 8 nitrogen and oxygen atoms in total. The van der Waals surface area contributed by atoms with Crippen molar-refractivity contribution in [3.8, 4) is 0 Å². The van der Waals surface area contributed by atoms with E-state index in [1.807, 2.05) is 69.8 Å². The average Bonchev–Trinajstić information content (AvgIpc) is 3.12. The fourth-order valence-electron chi connectivity index (χ4n) is 4.46. The van der Waals surface area contributed by atoms with E-state index in [-0.39, 0.29) is 29.9 Å². The summed E-state index contributed by atoms with van der Waals surface area (Å²) in [5.41, 5.74) is 1.74. The van der Waals surface area contributed by atoms with Crippen molar-refractivity contribution in [1.82, 2.24) is 20.1 Å². The van der Waals surface area contributed by atoms with Gasteiger partial charge in [0.05, 0.1) is 18.6 Å². The first-order valence-corrected chi connectivity index (χ1v) is 11.5. The third-order valence-electron chi connectivity index (χ3n) is 6.56. The molecule has 0 bridgehead atoms. The Balaban J connectivity index is 2.18. The van der Waals surface area contributed by atoms with Crippen LogP contribution in [0.2, 0.25) is 0 Å². The molecule has 1 heterocycles. The molecule has 1 aromatic heterocycles. The normalized spacial score (nSPS) is 14.2. The zero-order valence-electron chi connectivity index (χ0n) is 21.5. The fourth-order valence-corrected chi connectivity index (χ4v) is 4.46. The van der Waals surface area contributed by atoms with Gasteiger partial charge in [0.25, 0.3) is 0 Å². The van der Waals surface area contributed by atoms with E-state index in [2.05, 4.69) is 10.6 Å². The first-order valence-electron chi connectivity index (χ1n) is 11.5. The van der Waals surface area contributed by atoms with Crippen LogP contribution in [0.15, 0.2) is 42.1 Å². The van der Waals surface area contributed by atoms with Gasteiger partial charge in [-0.1, -0.05) is 52.0 Å². The monoisotopic (exact) mass is 470 g/mol. The van der Waals surface area contributed by atoms with Crippen molar-refractivity contribution in [1.29, 1.82) is 0 Å². The van der Waals surface area contributed by atoms with Crippen LogP contribution in [0, 0.1) is 5.92 Å². The van der Waals surface area contributed by atoms with Gasteiger partial charge in [0.15, 0.2) is 0 Å². The summed E-state index contributed by atoms with van der Waals surface area (Å²) >= 11 is 0. The third-order valence-corrected chi connectivity index (χ3v) is 6.56. The number of fused-ring (bicyclic) bond motifs is 1. The van der Waals surface area contributed by atoms with E-state index in [1.54, 1.807) is 20.2 Å². The molecule has 186 valence electrons. The third kappa shape index (κ3) is 5.67. The van der Waals surface area contributed by atoms with Crippen molar-refractivity contribution < 1.29 is 19.5 Å². The van der Waals surface area contributed by atoms with Crippen molar-refractivity contribution in [3.63, 3.8) is 0 Å². The molecule has 0 spiro atoms. The number of carbonyl (C=O) groups excluding carboxylic acids is 2. The van der Waals surface area contributed by atoms with Gasteiger partial charge in [0.2, 0.25) is 11.8 Å². The number of para-hydroxylation sites is 1. The van der Waals surface area contributed by atoms with E-state index in [0.717, 1.165) is 16.5 Å². The molecule has 0 aliphatic heterocycles. The fraction of sp³-hybridized carbons (Fsp3) is 0.500. The Kier molecular flexibility index (Phi) is 8.66. The summed E-state index contributed by atoms with van der Waals surface area (Å²) in [5, 5.41) is 16.2. The number of carbonyl (C=O) groups is 3. The number of nitrogens with zero attached hydrogens (tertiary/aromatic N) is 2. The van der Waals surface area contributed by atoms with Crippen molar-refractivity contribution in [3.05, 3.63) is 47.7 Å². The number of hydrogen-bond acceptors (Lipinski definition) is 4. The lowest BCUT2D eigenvalue weighted by Gasteiger charge is -2.34. The van der Waals surface area contributed by atoms with E-state index in [9.17, 15) is 19.5 Å². The van der Waals surface area contributed by atoms with E-state index in [1.165, 1.54) is 11.8 Å². The molecule has 0 saturated carbocycles. The van der Waals surface area contributed by atoms with E-state index in [4.69, 9.17) is 0 Å². The van der Waals surface area contributed by atoms with E-state index >= 15 is 0 Å². The Morgan fingerprint density at radius 3 is 2.38 bits per heavy atom. The number of benzene rings is 1. The minimum Gasteiger partial charge on any atom is -0.478 e. The highest BCUT2D eigenvalue weighted by atomic mass is 16.4. The Labute approximate surface area is 202 Å². The second kappa shape index (κ2) is 10.9. The number of carboxylic acid groups (broad SMARTS) is 1. The van der Waals surface area contributed by atoms with Crippen LogP contribution in [-0.4, -0.2) is 65.1 Å². The van der Waals surface area contributed by atoms with Gasteiger partial charge in [0, 0.05) is 42.2 Å². The number of aromatic nitrogens is 1. The minimum atomic E-state index is -1.02. The summed E-state index contributed by atoms with van der Waals surface area (Å²) < 4.78 is 2.05. The lowest BCUT2D eigenvalue weighted by Crippen LogP contribution is -2.55. The maximum absolute atomic E-state index is 13.2. The van der Waals surface area contributed by atoms with Crippen LogP contribution in [0.5, 0.6) is 0 Å². The Morgan fingerprint density at radius 2 is 1.82 bits per heavy atom. The lowest BCUT2D eigenvalue weighted by molar-refractivity contribution is -0.134. The molecule has 2 aromatic rings. The van der Waals surface area contributed by atoms with Gasteiger partial charge in [-0.2, -0.15) is 0 Å². The zero-order chi connectivity index (χ0) is 25.8. The largest absolute Gasteiger partial charge is 0.478 e. The summed E-state index contributed by atoms with van der Waals surface area (Å²) in [6, 6.07) is 7.09. The van der Waals surface area contributed by atoms with Crippen LogP contribution in [-0.2, 0) is 26.8 Å². The summed E-state index contributed by atoms with van der Waals surface area (Å²) in [4.78, 5) is 38.8. The number of carboxylic acids is 1. The van der Waals surface area contributed by atoms with Crippen LogP contribution in [0.3, 0.4) is 0 Å². The van der Waals surface area contributed by atoms with Crippen molar-refractivity contribution in [2.45, 2.75) is 52.1 Å². The Morgan fingerprint density at radius 1 is 1.21 bits per heavy atom. The van der Waals surface area contributed by atoms with Crippen LogP contribution in [0.4, 0.5) is 0 Å². The molecular weight excluding hydrogens is 432 g/mol. The lowest BCUT2D eigenvalue weighted by atomic mass is 9.77. The van der Waals surface area contributed by atoms with Gasteiger partial charge in [0.1, 0.15) is 0 Å². The molecule has 8 heteroatoms. The number of nitrogens with one attached hydrogen (secondary N) is 2. The maximum atomic E-state index is 13.2. The molecule has 34 heavy (non-hydrogen) atoms. The first-order chi connectivity index (χ1) is 15.8. The SMILES string of the molecule is CN[C@H](C(=O)NCC(=O)N(C)[C@H](C=C(C)C(=O)O)C(C)C)C(C)(C)c1cn(C)c2ccccc12. The van der Waals surface area contributed by atoms with Gasteiger partial charge >= 0.3 is 5.97 Å².